The summed E-state index contributed by atoms with van der Waals surface area (Å²) in [4.78, 5) is 0.251. The lowest BCUT2D eigenvalue weighted by Gasteiger charge is -2.08. The van der Waals surface area contributed by atoms with Gasteiger partial charge in [-0.15, -0.1) is 0 Å². The van der Waals surface area contributed by atoms with Crippen molar-refractivity contribution in [2.24, 2.45) is 0 Å². The molecule has 0 aliphatic rings. The highest BCUT2D eigenvalue weighted by molar-refractivity contribution is 7.89. The largest absolute Gasteiger partial charge is 0.309 e. The van der Waals surface area contributed by atoms with Gasteiger partial charge in [0, 0.05) is 13.1 Å². The number of hydrogen-bond donors (Lipinski definition) is 2. The van der Waals surface area contributed by atoms with E-state index in [1.807, 2.05) is 24.3 Å². The summed E-state index contributed by atoms with van der Waals surface area (Å²) in [6, 6.07) is 16.3. The van der Waals surface area contributed by atoms with E-state index in [9.17, 15) is 8.42 Å². The molecule has 114 valence electrons. The zero-order valence-electron chi connectivity index (χ0n) is 12.2. The molecule has 6 heteroatoms. The summed E-state index contributed by atoms with van der Waals surface area (Å²) in [6.07, 6.45) is 0. The van der Waals surface area contributed by atoms with E-state index in [0.29, 0.717) is 18.7 Å². The van der Waals surface area contributed by atoms with Crippen molar-refractivity contribution in [3.63, 3.8) is 0 Å². The van der Waals surface area contributed by atoms with Gasteiger partial charge in [-0.3, -0.25) is 0 Å². The summed E-state index contributed by atoms with van der Waals surface area (Å²) >= 11 is 0. The number of rotatable bonds is 6. The molecule has 2 aromatic carbocycles. The van der Waals surface area contributed by atoms with Crippen molar-refractivity contribution >= 4 is 10.0 Å². The highest BCUT2D eigenvalue weighted by atomic mass is 32.2. The van der Waals surface area contributed by atoms with Gasteiger partial charge in [0.05, 0.1) is 16.5 Å². The Bertz CT molecular complexity index is 795. The van der Waals surface area contributed by atoms with Gasteiger partial charge in [-0.25, -0.2) is 13.1 Å². The van der Waals surface area contributed by atoms with Crippen LogP contribution in [0.5, 0.6) is 0 Å². The molecule has 0 aliphatic heterocycles. The van der Waals surface area contributed by atoms with Crippen molar-refractivity contribution in [2.45, 2.75) is 18.0 Å². The van der Waals surface area contributed by atoms with Crippen LogP contribution in [0.2, 0.25) is 0 Å². The standard InChI is InChI=1S/C16H17N3O2S/c1-18-22(20,21)16-7-3-6-15(9-16)12-19-11-14-5-2-4-13(8-14)10-17/h2-9,18-19H,11-12H2,1H3. The SMILES string of the molecule is CNS(=O)(=O)c1cccc(CNCc2cccc(C#N)c2)c1. The maximum absolute atomic E-state index is 11.8. The highest BCUT2D eigenvalue weighted by Gasteiger charge is 2.10. The molecule has 0 saturated carbocycles. The molecule has 2 rings (SSSR count). The summed E-state index contributed by atoms with van der Waals surface area (Å²) in [5, 5.41) is 12.1. The maximum Gasteiger partial charge on any atom is 0.240 e. The number of nitriles is 1. The van der Waals surface area contributed by atoms with Crippen LogP contribution in [-0.2, 0) is 23.1 Å². The Labute approximate surface area is 130 Å². The second-order valence-corrected chi connectivity index (χ2v) is 6.66. The third-order valence-electron chi connectivity index (χ3n) is 3.19. The van der Waals surface area contributed by atoms with Gasteiger partial charge in [0.2, 0.25) is 10.0 Å². The van der Waals surface area contributed by atoms with Crippen LogP contribution < -0.4 is 10.0 Å². The first-order valence-electron chi connectivity index (χ1n) is 6.77. The molecule has 22 heavy (non-hydrogen) atoms. The van der Waals surface area contributed by atoms with Crippen LogP contribution in [0, 0.1) is 11.3 Å². The fourth-order valence-electron chi connectivity index (χ4n) is 2.04. The molecular formula is C16H17N3O2S. The summed E-state index contributed by atoms with van der Waals surface area (Å²) in [5.74, 6) is 0. The molecule has 0 bridgehead atoms. The van der Waals surface area contributed by atoms with Crippen LogP contribution >= 0.6 is 0 Å². The number of nitrogens with one attached hydrogen (secondary N) is 2. The minimum Gasteiger partial charge on any atom is -0.309 e. The van der Waals surface area contributed by atoms with Crippen LogP contribution in [0.4, 0.5) is 0 Å². The third kappa shape index (κ3) is 4.15. The number of nitrogens with zero attached hydrogens (tertiary/aromatic N) is 1. The lowest BCUT2D eigenvalue weighted by molar-refractivity contribution is 0.588. The Morgan fingerprint density at radius 3 is 2.32 bits per heavy atom. The van der Waals surface area contributed by atoms with Crippen LogP contribution in [0.25, 0.3) is 0 Å². The number of sulfonamides is 1. The second-order valence-electron chi connectivity index (χ2n) is 4.77. The average molecular weight is 315 g/mol. The average Bonchev–Trinajstić information content (AvgIpc) is 2.55. The molecular weight excluding hydrogens is 298 g/mol. The van der Waals surface area contributed by atoms with Crippen molar-refractivity contribution in [3.8, 4) is 6.07 Å². The van der Waals surface area contributed by atoms with Crippen LogP contribution in [0.3, 0.4) is 0 Å². The molecule has 0 amide bonds. The lowest BCUT2D eigenvalue weighted by atomic mass is 10.1. The molecule has 0 spiro atoms. The Morgan fingerprint density at radius 2 is 1.68 bits per heavy atom. The van der Waals surface area contributed by atoms with Crippen molar-refractivity contribution in [3.05, 3.63) is 65.2 Å². The van der Waals surface area contributed by atoms with Gasteiger partial charge in [-0.05, 0) is 42.4 Å². The Kier molecular flexibility index (Phi) is 5.28. The summed E-state index contributed by atoms with van der Waals surface area (Å²) < 4.78 is 25.8. The minimum atomic E-state index is -3.42. The van der Waals surface area contributed by atoms with Gasteiger partial charge in [0.15, 0.2) is 0 Å². The monoisotopic (exact) mass is 315 g/mol. The molecule has 0 radical (unpaired) electrons. The van der Waals surface area contributed by atoms with Crippen molar-refractivity contribution in [1.82, 2.24) is 10.0 Å². The van der Waals surface area contributed by atoms with E-state index in [4.69, 9.17) is 5.26 Å². The van der Waals surface area contributed by atoms with E-state index in [1.54, 1.807) is 24.3 Å². The van der Waals surface area contributed by atoms with Gasteiger partial charge in [0.1, 0.15) is 0 Å². The molecule has 2 N–H and O–H groups in total. The topological polar surface area (TPSA) is 82.0 Å². The first-order chi connectivity index (χ1) is 10.5. The predicted octanol–water partition coefficient (Wildman–Crippen LogP) is 1.76. The molecule has 0 aromatic heterocycles. The maximum atomic E-state index is 11.8. The quantitative estimate of drug-likeness (QED) is 0.851. The molecule has 0 unspecified atom stereocenters. The first-order valence-corrected chi connectivity index (χ1v) is 8.26. The Hall–Kier alpha value is -2.20. The Morgan fingerprint density at radius 1 is 1.05 bits per heavy atom. The van der Waals surface area contributed by atoms with Crippen molar-refractivity contribution < 1.29 is 8.42 Å². The predicted molar refractivity (Wildman–Crippen MR) is 84.4 cm³/mol. The molecule has 0 heterocycles. The molecule has 0 fully saturated rings. The molecule has 5 nitrogen and oxygen atoms in total. The molecule has 0 saturated heterocycles. The summed E-state index contributed by atoms with van der Waals surface area (Å²) in [6.45, 7) is 1.16. The number of hydrogen-bond acceptors (Lipinski definition) is 4. The van der Waals surface area contributed by atoms with E-state index >= 15 is 0 Å². The summed E-state index contributed by atoms with van der Waals surface area (Å²) in [7, 11) is -2.03. The smallest absolute Gasteiger partial charge is 0.240 e. The molecule has 2 aromatic rings. The van der Waals surface area contributed by atoms with E-state index in [0.717, 1.165) is 11.1 Å². The van der Waals surface area contributed by atoms with Crippen LogP contribution in [-0.4, -0.2) is 15.5 Å². The zero-order chi connectivity index (χ0) is 16.0. The van der Waals surface area contributed by atoms with Crippen molar-refractivity contribution in [1.29, 1.82) is 5.26 Å². The third-order valence-corrected chi connectivity index (χ3v) is 4.60. The van der Waals surface area contributed by atoms with E-state index in [1.165, 1.54) is 7.05 Å². The minimum absolute atomic E-state index is 0.251. The molecule has 0 aliphatic carbocycles. The van der Waals surface area contributed by atoms with Gasteiger partial charge in [0.25, 0.3) is 0 Å². The van der Waals surface area contributed by atoms with Gasteiger partial charge in [-0.2, -0.15) is 5.26 Å². The van der Waals surface area contributed by atoms with E-state index in [2.05, 4.69) is 16.1 Å². The summed E-state index contributed by atoms with van der Waals surface area (Å²) in [5.41, 5.74) is 2.52. The van der Waals surface area contributed by atoms with Gasteiger partial charge >= 0.3 is 0 Å². The number of benzene rings is 2. The Balaban J connectivity index is 2.00. The van der Waals surface area contributed by atoms with Crippen molar-refractivity contribution in [2.75, 3.05) is 7.05 Å². The second kappa shape index (κ2) is 7.18. The van der Waals surface area contributed by atoms with Crippen LogP contribution in [0.1, 0.15) is 16.7 Å². The normalized spacial score (nSPS) is 11.1. The van der Waals surface area contributed by atoms with E-state index in [-0.39, 0.29) is 4.90 Å². The van der Waals surface area contributed by atoms with Gasteiger partial charge < -0.3 is 5.32 Å². The zero-order valence-corrected chi connectivity index (χ0v) is 13.0. The van der Waals surface area contributed by atoms with Crippen LogP contribution in [0.15, 0.2) is 53.4 Å². The molecule has 0 atom stereocenters. The van der Waals surface area contributed by atoms with E-state index < -0.39 is 10.0 Å². The van der Waals surface area contributed by atoms with Gasteiger partial charge in [-0.1, -0.05) is 24.3 Å². The fraction of sp³-hybridized carbons (Fsp3) is 0.188. The fourth-order valence-corrected chi connectivity index (χ4v) is 2.84. The lowest BCUT2D eigenvalue weighted by Crippen LogP contribution is -2.19. The first kappa shape index (κ1) is 16.2. The highest BCUT2D eigenvalue weighted by Crippen LogP contribution is 2.11.